The number of aryl methyl sites for hydroxylation is 1. The second kappa shape index (κ2) is 7.16. The fraction of sp³-hybridized carbons (Fsp3) is 0.267. The highest BCUT2D eigenvalue weighted by atomic mass is 19.4. The molecule has 1 aromatic carbocycles. The van der Waals surface area contributed by atoms with Crippen LogP contribution in [0.4, 0.5) is 30.4 Å². The molecule has 1 heterocycles. The molecule has 6 nitrogen and oxygen atoms in total. The van der Waals surface area contributed by atoms with E-state index < -0.39 is 16.7 Å². The third-order valence-electron chi connectivity index (χ3n) is 3.25. The largest absolute Gasteiger partial charge is 0.419 e. The van der Waals surface area contributed by atoms with Crippen molar-refractivity contribution in [2.45, 2.75) is 13.1 Å². The number of benzene rings is 1. The fourth-order valence-corrected chi connectivity index (χ4v) is 2.13. The van der Waals surface area contributed by atoms with Crippen LogP contribution in [0.1, 0.15) is 11.1 Å². The van der Waals surface area contributed by atoms with Gasteiger partial charge in [0.05, 0.1) is 10.5 Å². The summed E-state index contributed by atoms with van der Waals surface area (Å²) >= 11 is 0. The van der Waals surface area contributed by atoms with Gasteiger partial charge in [-0.1, -0.05) is 0 Å². The standard InChI is InChI=1S/C15H15F3N4O2/c1-10-9-11(4-5-13(10)22(23)24)19-7-8-21-14-12(15(16,17)18)3-2-6-20-14/h2-6,9,19H,7-8H2,1H3,(H,20,21). The number of nitrogens with one attached hydrogen (secondary N) is 2. The van der Waals surface area contributed by atoms with Crippen LogP contribution >= 0.6 is 0 Å². The van der Waals surface area contributed by atoms with E-state index in [2.05, 4.69) is 15.6 Å². The molecule has 0 fully saturated rings. The van der Waals surface area contributed by atoms with Crippen LogP contribution in [0.15, 0.2) is 36.5 Å². The quantitative estimate of drug-likeness (QED) is 0.474. The summed E-state index contributed by atoms with van der Waals surface area (Å²) in [6.07, 6.45) is -3.19. The molecular formula is C15H15F3N4O2. The van der Waals surface area contributed by atoms with Crippen molar-refractivity contribution >= 4 is 17.2 Å². The summed E-state index contributed by atoms with van der Waals surface area (Å²) in [7, 11) is 0. The summed E-state index contributed by atoms with van der Waals surface area (Å²) in [4.78, 5) is 14.0. The third kappa shape index (κ3) is 4.34. The molecule has 128 valence electrons. The summed E-state index contributed by atoms with van der Waals surface area (Å²) in [6, 6.07) is 6.73. The van der Waals surface area contributed by atoms with Crippen molar-refractivity contribution in [3.8, 4) is 0 Å². The van der Waals surface area contributed by atoms with E-state index in [1.807, 2.05) is 0 Å². The first-order valence-electron chi connectivity index (χ1n) is 7.04. The van der Waals surface area contributed by atoms with E-state index in [-0.39, 0.29) is 18.1 Å². The van der Waals surface area contributed by atoms with Crippen molar-refractivity contribution in [3.05, 3.63) is 57.8 Å². The predicted octanol–water partition coefficient (Wildman–Crippen LogP) is 3.84. The Morgan fingerprint density at radius 1 is 1.21 bits per heavy atom. The molecule has 0 saturated heterocycles. The normalized spacial score (nSPS) is 11.2. The number of alkyl halides is 3. The Labute approximate surface area is 135 Å². The zero-order valence-electron chi connectivity index (χ0n) is 12.7. The van der Waals surface area contributed by atoms with Gasteiger partial charge < -0.3 is 10.6 Å². The zero-order valence-corrected chi connectivity index (χ0v) is 12.7. The van der Waals surface area contributed by atoms with Crippen LogP contribution in [0.3, 0.4) is 0 Å². The van der Waals surface area contributed by atoms with Gasteiger partial charge in [-0.3, -0.25) is 10.1 Å². The SMILES string of the molecule is Cc1cc(NCCNc2ncccc2C(F)(F)F)ccc1[N+](=O)[O-]. The molecule has 0 spiro atoms. The van der Waals surface area contributed by atoms with Gasteiger partial charge in [0, 0.05) is 36.6 Å². The Bertz CT molecular complexity index is 735. The molecule has 0 saturated carbocycles. The van der Waals surface area contributed by atoms with Crippen LogP contribution in [-0.2, 0) is 6.18 Å². The van der Waals surface area contributed by atoms with Crippen LogP contribution in [-0.4, -0.2) is 23.0 Å². The molecule has 9 heteroatoms. The van der Waals surface area contributed by atoms with E-state index in [1.54, 1.807) is 19.1 Å². The number of pyridine rings is 1. The van der Waals surface area contributed by atoms with Crippen molar-refractivity contribution in [3.63, 3.8) is 0 Å². The Morgan fingerprint density at radius 3 is 2.54 bits per heavy atom. The Kier molecular flexibility index (Phi) is 5.22. The number of aromatic nitrogens is 1. The van der Waals surface area contributed by atoms with Crippen molar-refractivity contribution in [1.29, 1.82) is 0 Å². The number of hydrogen-bond acceptors (Lipinski definition) is 5. The molecule has 2 N–H and O–H groups in total. The molecular weight excluding hydrogens is 325 g/mol. The molecule has 0 bridgehead atoms. The summed E-state index contributed by atoms with van der Waals surface area (Å²) in [5, 5.41) is 16.4. The second-order valence-electron chi connectivity index (χ2n) is 5.01. The molecule has 24 heavy (non-hydrogen) atoms. The van der Waals surface area contributed by atoms with Crippen molar-refractivity contribution in [2.75, 3.05) is 23.7 Å². The van der Waals surface area contributed by atoms with Crippen LogP contribution in [0.5, 0.6) is 0 Å². The monoisotopic (exact) mass is 340 g/mol. The van der Waals surface area contributed by atoms with Gasteiger partial charge in [-0.25, -0.2) is 4.98 Å². The van der Waals surface area contributed by atoms with Crippen LogP contribution < -0.4 is 10.6 Å². The van der Waals surface area contributed by atoms with Crippen molar-refractivity contribution in [1.82, 2.24) is 4.98 Å². The number of nitrogens with zero attached hydrogens (tertiary/aromatic N) is 2. The van der Waals surface area contributed by atoms with E-state index in [0.717, 1.165) is 6.07 Å². The maximum absolute atomic E-state index is 12.8. The summed E-state index contributed by atoms with van der Waals surface area (Å²) in [5.41, 5.74) is 0.345. The van der Waals surface area contributed by atoms with Crippen molar-refractivity contribution in [2.24, 2.45) is 0 Å². The van der Waals surface area contributed by atoms with Gasteiger partial charge in [0.15, 0.2) is 0 Å². The molecule has 0 atom stereocenters. The highest BCUT2D eigenvalue weighted by Crippen LogP contribution is 2.33. The highest BCUT2D eigenvalue weighted by Gasteiger charge is 2.33. The van der Waals surface area contributed by atoms with Gasteiger partial charge in [-0.15, -0.1) is 0 Å². The highest BCUT2D eigenvalue weighted by molar-refractivity contribution is 5.53. The average molecular weight is 340 g/mol. The van der Waals surface area contributed by atoms with E-state index in [9.17, 15) is 23.3 Å². The van der Waals surface area contributed by atoms with E-state index in [4.69, 9.17) is 0 Å². The maximum atomic E-state index is 12.8. The third-order valence-corrected chi connectivity index (χ3v) is 3.25. The summed E-state index contributed by atoms with van der Waals surface area (Å²) in [6.45, 7) is 2.15. The van der Waals surface area contributed by atoms with Crippen LogP contribution in [0.2, 0.25) is 0 Å². The number of anilines is 2. The van der Waals surface area contributed by atoms with Gasteiger partial charge in [-0.05, 0) is 31.2 Å². The van der Waals surface area contributed by atoms with E-state index in [1.165, 1.54) is 18.3 Å². The first-order valence-corrected chi connectivity index (χ1v) is 7.04. The smallest absolute Gasteiger partial charge is 0.383 e. The molecule has 0 unspecified atom stereocenters. The Hall–Kier alpha value is -2.84. The molecule has 0 amide bonds. The maximum Gasteiger partial charge on any atom is 0.419 e. The van der Waals surface area contributed by atoms with Crippen LogP contribution in [0.25, 0.3) is 0 Å². The summed E-state index contributed by atoms with van der Waals surface area (Å²) in [5.74, 6) is -0.230. The minimum absolute atomic E-state index is 0.0157. The van der Waals surface area contributed by atoms with Gasteiger partial charge >= 0.3 is 6.18 Å². The van der Waals surface area contributed by atoms with Gasteiger partial charge in [0.25, 0.3) is 5.69 Å². The number of halogens is 3. The number of nitro groups is 1. The first-order chi connectivity index (χ1) is 11.3. The lowest BCUT2D eigenvalue weighted by Gasteiger charge is -2.13. The fourth-order valence-electron chi connectivity index (χ4n) is 2.13. The Morgan fingerprint density at radius 2 is 1.92 bits per heavy atom. The first kappa shape index (κ1) is 17.5. The number of rotatable bonds is 6. The lowest BCUT2D eigenvalue weighted by Crippen LogP contribution is -2.17. The second-order valence-corrected chi connectivity index (χ2v) is 5.01. The van der Waals surface area contributed by atoms with Gasteiger partial charge in [0.2, 0.25) is 0 Å². The molecule has 0 aliphatic carbocycles. The summed E-state index contributed by atoms with van der Waals surface area (Å²) < 4.78 is 38.5. The molecule has 0 aliphatic heterocycles. The molecule has 0 radical (unpaired) electrons. The zero-order chi connectivity index (χ0) is 17.7. The molecule has 1 aromatic heterocycles. The minimum Gasteiger partial charge on any atom is -0.383 e. The number of nitro benzene ring substituents is 1. The van der Waals surface area contributed by atoms with Crippen molar-refractivity contribution < 1.29 is 18.1 Å². The molecule has 2 aromatic rings. The minimum atomic E-state index is -4.47. The van der Waals surface area contributed by atoms with Gasteiger partial charge in [0.1, 0.15) is 5.82 Å². The molecule has 2 rings (SSSR count). The van der Waals surface area contributed by atoms with E-state index in [0.29, 0.717) is 17.8 Å². The topological polar surface area (TPSA) is 80.1 Å². The average Bonchev–Trinajstić information content (AvgIpc) is 2.50. The predicted molar refractivity (Wildman–Crippen MR) is 84.1 cm³/mol. The lowest BCUT2D eigenvalue weighted by molar-refractivity contribution is -0.385. The van der Waals surface area contributed by atoms with Crippen LogP contribution in [0, 0.1) is 17.0 Å². The molecule has 0 aliphatic rings. The van der Waals surface area contributed by atoms with E-state index >= 15 is 0 Å². The lowest BCUT2D eigenvalue weighted by atomic mass is 10.2. The number of hydrogen-bond donors (Lipinski definition) is 2. The van der Waals surface area contributed by atoms with Gasteiger partial charge in [-0.2, -0.15) is 13.2 Å². The Balaban J connectivity index is 1.92.